The van der Waals surface area contributed by atoms with Crippen molar-refractivity contribution in [2.24, 2.45) is 0 Å². The lowest BCUT2D eigenvalue weighted by Crippen LogP contribution is -2.05. The molecule has 2 aromatic rings. The molecule has 2 nitrogen and oxygen atoms in total. The summed E-state index contributed by atoms with van der Waals surface area (Å²) in [4.78, 5) is 14.5. The summed E-state index contributed by atoms with van der Waals surface area (Å²) < 4.78 is 13.6. The number of nitrogens with one attached hydrogen (secondary N) is 1. The molecule has 0 atom stereocenters. The van der Waals surface area contributed by atoms with Crippen LogP contribution in [-0.2, 0) is 6.42 Å². The van der Waals surface area contributed by atoms with Gasteiger partial charge in [-0.3, -0.25) is 4.79 Å². The van der Waals surface area contributed by atoms with Gasteiger partial charge in [0, 0.05) is 17.1 Å². The van der Waals surface area contributed by atoms with Gasteiger partial charge >= 0.3 is 0 Å². The van der Waals surface area contributed by atoms with Crippen LogP contribution >= 0.6 is 11.6 Å². The Kier molecular flexibility index (Phi) is 2.49. The van der Waals surface area contributed by atoms with Crippen LogP contribution in [0.3, 0.4) is 0 Å². The molecular weight excluding hydrogens is 217 g/mol. The molecule has 1 heterocycles. The Balaban J connectivity index is 2.93. The fraction of sp³-hybridized carbons (Fsp3) is 0.182. The number of aromatic amines is 1. The normalized spacial score (nSPS) is 10.9. The first-order chi connectivity index (χ1) is 7.13. The van der Waals surface area contributed by atoms with Crippen molar-refractivity contribution in [3.8, 4) is 0 Å². The van der Waals surface area contributed by atoms with Crippen molar-refractivity contribution >= 4 is 22.5 Å². The highest BCUT2D eigenvalue weighted by atomic mass is 35.5. The smallest absolute Gasteiger partial charge is 0.189 e. The van der Waals surface area contributed by atoms with E-state index in [1.54, 1.807) is 0 Å². The molecule has 1 N–H and O–H groups in total. The van der Waals surface area contributed by atoms with E-state index in [1.807, 2.05) is 6.92 Å². The molecule has 15 heavy (non-hydrogen) atoms. The van der Waals surface area contributed by atoms with Gasteiger partial charge in [0.1, 0.15) is 0 Å². The fourth-order valence-electron chi connectivity index (χ4n) is 1.50. The molecule has 0 saturated carbocycles. The van der Waals surface area contributed by atoms with Crippen LogP contribution in [0.4, 0.5) is 4.39 Å². The third kappa shape index (κ3) is 1.63. The number of fused-ring (bicyclic) bond motifs is 1. The molecule has 0 unspecified atom stereocenters. The largest absolute Gasteiger partial charge is 0.356 e. The molecule has 1 aromatic carbocycles. The molecule has 0 aliphatic carbocycles. The Bertz CT molecular complexity index is 577. The first kappa shape index (κ1) is 10.2. The standard InChI is InChI=1S/C11H9ClFNO/c1-2-6-5-9(15)7-3-4-8(12)10(13)11(7)14-6/h3-5H,2H2,1H3,(H,14,15). The van der Waals surface area contributed by atoms with E-state index >= 15 is 0 Å². The van der Waals surface area contributed by atoms with Gasteiger partial charge in [-0.1, -0.05) is 18.5 Å². The molecule has 0 saturated heterocycles. The lowest BCUT2D eigenvalue weighted by Gasteiger charge is -2.03. The van der Waals surface area contributed by atoms with Crippen LogP contribution in [0.1, 0.15) is 12.6 Å². The zero-order valence-corrected chi connectivity index (χ0v) is 8.86. The van der Waals surface area contributed by atoms with E-state index in [0.717, 1.165) is 0 Å². The Morgan fingerprint density at radius 1 is 1.47 bits per heavy atom. The van der Waals surface area contributed by atoms with Crippen LogP contribution in [0.2, 0.25) is 5.02 Å². The zero-order chi connectivity index (χ0) is 11.0. The summed E-state index contributed by atoms with van der Waals surface area (Å²) >= 11 is 5.64. The van der Waals surface area contributed by atoms with Crippen molar-refractivity contribution in [2.75, 3.05) is 0 Å². The Labute approximate surface area is 90.7 Å². The van der Waals surface area contributed by atoms with Crippen molar-refractivity contribution < 1.29 is 4.39 Å². The lowest BCUT2D eigenvalue weighted by molar-refractivity contribution is 0.636. The number of rotatable bonds is 1. The molecule has 0 aliphatic heterocycles. The molecule has 0 spiro atoms. The van der Waals surface area contributed by atoms with E-state index < -0.39 is 5.82 Å². The summed E-state index contributed by atoms with van der Waals surface area (Å²) in [6.45, 7) is 1.89. The summed E-state index contributed by atoms with van der Waals surface area (Å²) in [5, 5.41) is 0.348. The number of pyridine rings is 1. The van der Waals surface area contributed by atoms with E-state index in [0.29, 0.717) is 17.5 Å². The maximum absolute atomic E-state index is 13.6. The average molecular weight is 226 g/mol. The minimum atomic E-state index is -0.568. The van der Waals surface area contributed by atoms with E-state index in [9.17, 15) is 9.18 Å². The average Bonchev–Trinajstić information content (AvgIpc) is 2.23. The predicted octanol–water partition coefficient (Wildman–Crippen LogP) is 2.88. The van der Waals surface area contributed by atoms with Gasteiger partial charge in [-0.05, 0) is 18.6 Å². The van der Waals surface area contributed by atoms with Crippen molar-refractivity contribution in [1.29, 1.82) is 0 Å². The second-order valence-corrected chi connectivity index (χ2v) is 3.70. The molecule has 4 heteroatoms. The van der Waals surface area contributed by atoms with Gasteiger partial charge in [0.15, 0.2) is 11.2 Å². The van der Waals surface area contributed by atoms with E-state index in [2.05, 4.69) is 4.98 Å². The fourth-order valence-corrected chi connectivity index (χ4v) is 1.66. The highest BCUT2D eigenvalue weighted by Gasteiger charge is 2.09. The maximum atomic E-state index is 13.6. The molecule has 0 radical (unpaired) electrons. The van der Waals surface area contributed by atoms with Crippen molar-refractivity contribution in [3.05, 3.63) is 45.0 Å². The summed E-state index contributed by atoms with van der Waals surface area (Å²) in [5.41, 5.74) is 0.705. The Morgan fingerprint density at radius 3 is 2.87 bits per heavy atom. The van der Waals surface area contributed by atoms with Crippen molar-refractivity contribution in [2.45, 2.75) is 13.3 Å². The number of hydrogen-bond donors (Lipinski definition) is 1. The van der Waals surface area contributed by atoms with Crippen LogP contribution in [0.25, 0.3) is 10.9 Å². The summed E-state index contributed by atoms with van der Waals surface area (Å²) in [6.07, 6.45) is 0.650. The summed E-state index contributed by atoms with van der Waals surface area (Å²) in [7, 11) is 0. The number of benzene rings is 1. The second kappa shape index (κ2) is 3.66. The number of aryl methyl sites for hydroxylation is 1. The molecule has 78 valence electrons. The number of halogens is 2. The molecule has 0 amide bonds. The highest BCUT2D eigenvalue weighted by molar-refractivity contribution is 6.31. The van der Waals surface area contributed by atoms with Crippen LogP contribution in [0, 0.1) is 5.82 Å². The topological polar surface area (TPSA) is 32.9 Å². The molecule has 2 rings (SSSR count). The number of H-pyrrole nitrogens is 1. The van der Waals surface area contributed by atoms with Crippen molar-refractivity contribution in [1.82, 2.24) is 4.98 Å². The summed E-state index contributed by atoms with van der Waals surface area (Å²) in [5.74, 6) is -0.568. The van der Waals surface area contributed by atoms with Crippen molar-refractivity contribution in [3.63, 3.8) is 0 Å². The van der Waals surface area contributed by atoms with Gasteiger partial charge < -0.3 is 4.98 Å². The van der Waals surface area contributed by atoms with Gasteiger partial charge in [0.25, 0.3) is 0 Å². The first-order valence-electron chi connectivity index (χ1n) is 4.63. The van der Waals surface area contributed by atoms with Crippen LogP contribution in [0.5, 0.6) is 0 Å². The Hall–Kier alpha value is -1.35. The van der Waals surface area contributed by atoms with E-state index in [1.165, 1.54) is 18.2 Å². The van der Waals surface area contributed by atoms with Crippen LogP contribution < -0.4 is 5.43 Å². The lowest BCUT2D eigenvalue weighted by atomic mass is 10.1. The molecule has 0 fully saturated rings. The SMILES string of the molecule is CCc1cc(=O)c2ccc(Cl)c(F)c2[nH]1. The van der Waals surface area contributed by atoms with Gasteiger partial charge in [-0.2, -0.15) is 0 Å². The van der Waals surface area contributed by atoms with Gasteiger partial charge in [0.05, 0.1) is 10.5 Å². The molecular formula is C11H9ClFNO. The minimum Gasteiger partial charge on any atom is -0.356 e. The first-order valence-corrected chi connectivity index (χ1v) is 5.01. The Morgan fingerprint density at radius 2 is 2.20 bits per heavy atom. The van der Waals surface area contributed by atoms with E-state index in [4.69, 9.17) is 11.6 Å². The summed E-state index contributed by atoms with van der Waals surface area (Å²) in [6, 6.07) is 4.40. The van der Waals surface area contributed by atoms with Crippen LogP contribution in [0.15, 0.2) is 23.0 Å². The minimum absolute atomic E-state index is 0.0198. The number of hydrogen-bond acceptors (Lipinski definition) is 1. The quantitative estimate of drug-likeness (QED) is 0.795. The third-order valence-electron chi connectivity index (χ3n) is 2.33. The predicted molar refractivity (Wildman–Crippen MR) is 58.9 cm³/mol. The zero-order valence-electron chi connectivity index (χ0n) is 8.10. The van der Waals surface area contributed by atoms with Gasteiger partial charge in [-0.25, -0.2) is 4.39 Å². The molecule has 0 bridgehead atoms. The third-order valence-corrected chi connectivity index (χ3v) is 2.62. The molecule has 0 aliphatic rings. The molecule has 1 aromatic heterocycles. The van der Waals surface area contributed by atoms with Crippen LogP contribution in [-0.4, -0.2) is 4.98 Å². The number of aromatic nitrogens is 1. The highest BCUT2D eigenvalue weighted by Crippen LogP contribution is 2.21. The van der Waals surface area contributed by atoms with Gasteiger partial charge in [-0.15, -0.1) is 0 Å². The monoisotopic (exact) mass is 225 g/mol. The maximum Gasteiger partial charge on any atom is 0.189 e. The van der Waals surface area contributed by atoms with Gasteiger partial charge in [0.2, 0.25) is 0 Å². The van der Waals surface area contributed by atoms with E-state index in [-0.39, 0.29) is 16.0 Å². The second-order valence-electron chi connectivity index (χ2n) is 3.30.